The van der Waals surface area contributed by atoms with E-state index in [4.69, 9.17) is 0 Å². The van der Waals surface area contributed by atoms with E-state index in [1.165, 1.54) is 19.3 Å². The summed E-state index contributed by atoms with van der Waals surface area (Å²) in [6.45, 7) is 3.56. The SMILES string of the molecule is C=CCC(O)C(O)C1CCCCC1. The number of hydrogen-bond acceptors (Lipinski definition) is 2. The normalized spacial score (nSPS) is 23.8. The first kappa shape index (κ1) is 10.7. The third-order valence-electron chi connectivity index (χ3n) is 2.94. The lowest BCUT2D eigenvalue weighted by atomic mass is 9.83. The van der Waals surface area contributed by atoms with Crippen LogP contribution in [0.3, 0.4) is 0 Å². The molecule has 0 radical (unpaired) electrons. The Balaban J connectivity index is 2.35. The van der Waals surface area contributed by atoms with Gasteiger partial charge in [-0.3, -0.25) is 0 Å². The predicted octanol–water partition coefficient (Wildman–Crippen LogP) is 1.86. The summed E-state index contributed by atoms with van der Waals surface area (Å²) in [5.74, 6) is 0.309. The summed E-state index contributed by atoms with van der Waals surface area (Å²) in [5, 5.41) is 19.3. The predicted molar refractivity (Wildman–Crippen MR) is 53.4 cm³/mol. The van der Waals surface area contributed by atoms with Gasteiger partial charge in [0, 0.05) is 0 Å². The van der Waals surface area contributed by atoms with Crippen molar-refractivity contribution in [1.82, 2.24) is 0 Å². The fourth-order valence-corrected chi connectivity index (χ4v) is 2.10. The molecule has 0 aromatic rings. The van der Waals surface area contributed by atoms with E-state index in [2.05, 4.69) is 6.58 Å². The molecule has 0 amide bonds. The molecule has 13 heavy (non-hydrogen) atoms. The molecular weight excluding hydrogens is 164 g/mol. The molecule has 0 aromatic heterocycles. The molecule has 0 heterocycles. The van der Waals surface area contributed by atoms with Gasteiger partial charge in [-0.2, -0.15) is 0 Å². The molecule has 0 bridgehead atoms. The molecule has 2 unspecified atom stereocenters. The van der Waals surface area contributed by atoms with Crippen molar-refractivity contribution in [2.45, 2.75) is 50.7 Å². The fraction of sp³-hybridized carbons (Fsp3) is 0.818. The number of aliphatic hydroxyl groups is 2. The summed E-state index contributed by atoms with van der Waals surface area (Å²) in [5.41, 5.74) is 0. The number of hydrogen-bond donors (Lipinski definition) is 2. The molecule has 1 rings (SSSR count). The maximum Gasteiger partial charge on any atom is 0.0836 e. The lowest BCUT2D eigenvalue weighted by Crippen LogP contribution is -2.34. The monoisotopic (exact) mass is 184 g/mol. The van der Waals surface area contributed by atoms with Crippen molar-refractivity contribution in [1.29, 1.82) is 0 Å². The summed E-state index contributed by atoms with van der Waals surface area (Å²) >= 11 is 0. The second-order valence-corrected chi connectivity index (χ2v) is 3.98. The molecular formula is C11H20O2. The summed E-state index contributed by atoms with van der Waals surface area (Å²) in [6.07, 6.45) is 6.81. The van der Waals surface area contributed by atoms with Gasteiger partial charge in [0.15, 0.2) is 0 Å². The highest BCUT2D eigenvalue weighted by Gasteiger charge is 2.26. The Morgan fingerprint density at radius 2 is 1.85 bits per heavy atom. The van der Waals surface area contributed by atoms with E-state index in [1.807, 2.05) is 0 Å². The fourth-order valence-electron chi connectivity index (χ4n) is 2.10. The topological polar surface area (TPSA) is 40.5 Å². The average molecular weight is 184 g/mol. The lowest BCUT2D eigenvalue weighted by Gasteiger charge is -2.29. The van der Waals surface area contributed by atoms with Crippen molar-refractivity contribution < 1.29 is 10.2 Å². The highest BCUT2D eigenvalue weighted by Crippen LogP contribution is 2.28. The minimum atomic E-state index is -0.611. The molecule has 1 saturated carbocycles. The van der Waals surface area contributed by atoms with Crippen molar-refractivity contribution in [2.24, 2.45) is 5.92 Å². The highest BCUT2D eigenvalue weighted by molar-refractivity contribution is 4.83. The van der Waals surface area contributed by atoms with Crippen LogP contribution < -0.4 is 0 Å². The van der Waals surface area contributed by atoms with Crippen molar-refractivity contribution in [3.63, 3.8) is 0 Å². The van der Waals surface area contributed by atoms with Gasteiger partial charge in [0.05, 0.1) is 12.2 Å². The van der Waals surface area contributed by atoms with Gasteiger partial charge >= 0.3 is 0 Å². The van der Waals surface area contributed by atoms with Crippen molar-refractivity contribution in [2.75, 3.05) is 0 Å². The Bertz CT molecular complexity index is 150. The minimum Gasteiger partial charge on any atom is -0.390 e. The van der Waals surface area contributed by atoms with E-state index in [9.17, 15) is 10.2 Å². The van der Waals surface area contributed by atoms with Gasteiger partial charge in [-0.05, 0) is 25.2 Å². The quantitative estimate of drug-likeness (QED) is 0.655. The molecule has 76 valence electrons. The molecule has 0 aromatic carbocycles. The molecule has 2 heteroatoms. The molecule has 2 atom stereocenters. The van der Waals surface area contributed by atoms with Crippen LogP contribution in [0.1, 0.15) is 38.5 Å². The molecule has 0 spiro atoms. The van der Waals surface area contributed by atoms with Crippen LogP contribution in [0.15, 0.2) is 12.7 Å². The zero-order valence-electron chi connectivity index (χ0n) is 8.15. The standard InChI is InChI=1S/C11H20O2/c1-2-6-10(12)11(13)9-7-4-3-5-8-9/h2,9-13H,1,3-8H2. The van der Waals surface area contributed by atoms with Gasteiger partial charge < -0.3 is 10.2 Å². The Kier molecular flexibility index (Phi) is 4.46. The molecule has 1 aliphatic rings. The molecule has 0 aliphatic heterocycles. The third-order valence-corrected chi connectivity index (χ3v) is 2.94. The molecule has 1 fully saturated rings. The molecule has 0 saturated heterocycles. The van der Waals surface area contributed by atoms with Gasteiger partial charge in [-0.25, -0.2) is 0 Å². The third kappa shape index (κ3) is 3.12. The van der Waals surface area contributed by atoms with Crippen molar-refractivity contribution >= 4 is 0 Å². The second-order valence-electron chi connectivity index (χ2n) is 3.98. The van der Waals surface area contributed by atoms with Crippen molar-refractivity contribution in [3.8, 4) is 0 Å². The largest absolute Gasteiger partial charge is 0.390 e. The summed E-state index contributed by atoms with van der Waals surface area (Å²) < 4.78 is 0. The van der Waals surface area contributed by atoms with Gasteiger partial charge in [0.2, 0.25) is 0 Å². The first-order valence-electron chi connectivity index (χ1n) is 5.22. The average Bonchev–Trinajstić information content (AvgIpc) is 2.18. The maximum absolute atomic E-state index is 9.78. The van der Waals surface area contributed by atoms with Crippen LogP contribution in [0.5, 0.6) is 0 Å². The lowest BCUT2D eigenvalue weighted by molar-refractivity contribution is -0.0250. The van der Waals surface area contributed by atoms with Gasteiger partial charge in [-0.1, -0.05) is 25.3 Å². The Hall–Kier alpha value is -0.340. The first-order valence-corrected chi connectivity index (χ1v) is 5.22. The summed E-state index contributed by atoms with van der Waals surface area (Å²) in [7, 11) is 0. The maximum atomic E-state index is 9.78. The van der Waals surface area contributed by atoms with Gasteiger partial charge in [0.1, 0.15) is 0 Å². The minimum absolute atomic E-state index is 0.309. The van der Waals surface area contributed by atoms with Crippen LogP contribution in [0.25, 0.3) is 0 Å². The Morgan fingerprint density at radius 1 is 1.23 bits per heavy atom. The van der Waals surface area contributed by atoms with E-state index in [-0.39, 0.29) is 0 Å². The summed E-state index contributed by atoms with van der Waals surface area (Å²) in [4.78, 5) is 0. The number of aliphatic hydroxyl groups excluding tert-OH is 2. The van der Waals surface area contributed by atoms with Crippen LogP contribution in [0, 0.1) is 5.92 Å². The van der Waals surface area contributed by atoms with E-state index in [0.717, 1.165) is 12.8 Å². The van der Waals surface area contributed by atoms with E-state index >= 15 is 0 Å². The van der Waals surface area contributed by atoms with Crippen LogP contribution in [0.4, 0.5) is 0 Å². The van der Waals surface area contributed by atoms with E-state index < -0.39 is 12.2 Å². The van der Waals surface area contributed by atoms with Crippen LogP contribution in [0.2, 0.25) is 0 Å². The van der Waals surface area contributed by atoms with Crippen LogP contribution in [-0.4, -0.2) is 22.4 Å². The second kappa shape index (κ2) is 5.40. The van der Waals surface area contributed by atoms with E-state index in [0.29, 0.717) is 12.3 Å². The van der Waals surface area contributed by atoms with Crippen LogP contribution >= 0.6 is 0 Å². The number of rotatable bonds is 4. The molecule has 2 nitrogen and oxygen atoms in total. The summed E-state index contributed by atoms with van der Waals surface area (Å²) in [6, 6.07) is 0. The smallest absolute Gasteiger partial charge is 0.0836 e. The van der Waals surface area contributed by atoms with Crippen molar-refractivity contribution in [3.05, 3.63) is 12.7 Å². The highest BCUT2D eigenvalue weighted by atomic mass is 16.3. The zero-order chi connectivity index (χ0) is 9.68. The zero-order valence-corrected chi connectivity index (χ0v) is 8.15. The first-order chi connectivity index (χ1) is 6.25. The Labute approximate surface area is 80.3 Å². The van der Waals surface area contributed by atoms with Crippen LogP contribution in [-0.2, 0) is 0 Å². The van der Waals surface area contributed by atoms with Gasteiger partial charge in [0.25, 0.3) is 0 Å². The molecule has 1 aliphatic carbocycles. The Morgan fingerprint density at radius 3 is 2.38 bits per heavy atom. The van der Waals surface area contributed by atoms with E-state index in [1.54, 1.807) is 6.08 Å². The molecule has 2 N–H and O–H groups in total. The van der Waals surface area contributed by atoms with Gasteiger partial charge in [-0.15, -0.1) is 6.58 Å².